The van der Waals surface area contributed by atoms with E-state index >= 15 is 0 Å². The van der Waals surface area contributed by atoms with Crippen molar-refractivity contribution < 1.29 is 0 Å². The second-order valence-corrected chi connectivity index (χ2v) is 8.09. The molecule has 120 valence electrons. The van der Waals surface area contributed by atoms with Crippen molar-refractivity contribution in [1.29, 1.82) is 0 Å². The van der Waals surface area contributed by atoms with Gasteiger partial charge in [0.1, 0.15) is 0 Å². The number of hydrogen-bond donors (Lipinski definition) is 1. The number of hydrogen-bond acceptors (Lipinski definition) is 1. The summed E-state index contributed by atoms with van der Waals surface area (Å²) in [4.78, 5) is 0. The smallest absolute Gasteiger partial charge is 0.00966 e. The summed E-state index contributed by atoms with van der Waals surface area (Å²) in [6.45, 7) is 12.8. The monoisotopic (exact) mass is 281 g/mol. The molecule has 2 unspecified atom stereocenters. The maximum absolute atomic E-state index is 3.78. The van der Waals surface area contributed by atoms with Crippen LogP contribution in [-0.4, -0.2) is 12.1 Å². The Labute approximate surface area is 128 Å². The van der Waals surface area contributed by atoms with E-state index in [4.69, 9.17) is 0 Å². The van der Waals surface area contributed by atoms with Gasteiger partial charge < -0.3 is 5.32 Å². The van der Waals surface area contributed by atoms with Crippen molar-refractivity contribution in [2.45, 2.75) is 97.9 Å². The molecule has 1 aliphatic carbocycles. The van der Waals surface area contributed by atoms with Gasteiger partial charge in [0.25, 0.3) is 0 Å². The molecule has 0 spiro atoms. The van der Waals surface area contributed by atoms with Gasteiger partial charge in [0.2, 0.25) is 0 Å². The molecule has 0 aliphatic heterocycles. The Balaban J connectivity index is 2.51. The zero-order valence-electron chi connectivity index (χ0n) is 14.8. The molecule has 0 radical (unpaired) electrons. The first-order valence-electron chi connectivity index (χ1n) is 9.21. The highest BCUT2D eigenvalue weighted by Crippen LogP contribution is 2.36. The van der Waals surface area contributed by atoms with Crippen molar-refractivity contribution in [3.8, 4) is 0 Å². The standard InChI is InChI=1S/C19H39N/c1-6-8-11-16(7-2)14-18(15-20-19(3,4)5)17-12-9-10-13-17/h16-18,20H,6-15H2,1-5H3. The third-order valence-electron chi connectivity index (χ3n) is 5.14. The maximum Gasteiger partial charge on any atom is 0.00966 e. The Kier molecular flexibility index (Phi) is 8.17. The highest BCUT2D eigenvalue weighted by molar-refractivity contribution is 4.82. The van der Waals surface area contributed by atoms with E-state index in [-0.39, 0.29) is 5.54 Å². The summed E-state index contributed by atoms with van der Waals surface area (Å²) in [5.74, 6) is 2.88. The molecule has 0 saturated heterocycles. The zero-order chi connectivity index (χ0) is 15.0. The predicted octanol–water partition coefficient (Wildman–Crippen LogP) is 5.79. The van der Waals surface area contributed by atoms with Gasteiger partial charge in [0, 0.05) is 5.54 Å². The van der Waals surface area contributed by atoms with Crippen LogP contribution in [-0.2, 0) is 0 Å². The van der Waals surface area contributed by atoms with Gasteiger partial charge in [-0.25, -0.2) is 0 Å². The van der Waals surface area contributed by atoms with Crippen LogP contribution in [0.1, 0.15) is 92.4 Å². The van der Waals surface area contributed by atoms with Gasteiger partial charge in [-0.2, -0.15) is 0 Å². The average Bonchev–Trinajstić information content (AvgIpc) is 2.91. The van der Waals surface area contributed by atoms with E-state index in [0.717, 1.165) is 17.8 Å². The normalized spacial score (nSPS) is 20.2. The Hall–Kier alpha value is -0.0400. The van der Waals surface area contributed by atoms with Crippen LogP contribution in [0.3, 0.4) is 0 Å². The van der Waals surface area contributed by atoms with Gasteiger partial charge in [-0.3, -0.25) is 0 Å². The highest BCUT2D eigenvalue weighted by Gasteiger charge is 2.27. The molecule has 20 heavy (non-hydrogen) atoms. The molecular formula is C19H39N. The van der Waals surface area contributed by atoms with E-state index in [1.807, 2.05) is 0 Å². The minimum Gasteiger partial charge on any atom is -0.312 e. The summed E-state index contributed by atoms with van der Waals surface area (Å²) in [7, 11) is 0. The van der Waals surface area contributed by atoms with Crippen LogP contribution in [0.2, 0.25) is 0 Å². The van der Waals surface area contributed by atoms with E-state index in [1.165, 1.54) is 64.3 Å². The van der Waals surface area contributed by atoms with Crippen molar-refractivity contribution in [3.63, 3.8) is 0 Å². The third kappa shape index (κ3) is 7.11. The lowest BCUT2D eigenvalue weighted by Crippen LogP contribution is -2.41. The van der Waals surface area contributed by atoms with E-state index in [1.54, 1.807) is 0 Å². The molecule has 1 heteroatoms. The van der Waals surface area contributed by atoms with Gasteiger partial charge in [-0.1, -0.05) is 65.2 Å². The molecule has 2 atom stereocenters. The summed E-state index contributed by atoms with van der Waals surface area (Å²) in [6, 6.07) is 0. The molecular weight excluding hydrogens is 242 g/mol. The number of nitrogens with one attached hydrogen (secondary N) is 1. The maximum atomic E-state index is 3.78. The van der Waals surface area contributed by atoms with Crippen molar-refractivity contribution in [1.82, 2.24) is 5.32 Å². The van der Waals surface area contributed by atoms with Gasteiger partial charge in [0.15, 0.2) is 0 Å². The van der Waals surface area contributed by atoms with Crippen LogP contribution in [0, 0.1) is 17.8 Å². The van der Waals surface area contributed by atoms with Crippen LogP contribution in [0.25, 0.3) is 0 Å². The fourth-order valence-electron chi connectivity index (χ4n) is 3.72. The number of unbranched alkanes of at least 4 members (excludes halogenated alkanes) is 1. The Morgan fingerprint density at radius 3 is 2.25 bits per heavy atom. The number of rotatable bonds is 9. The van der Waals surface area contributed by atoms with Gasteiger partial charge >= 0.3 is 0 Å². The third-order valence-corrected chi connectivity index (χ3v) is 5.14. The van der Waals surface area contributed by atoms with Gasteiger partial charge in [0.05, 0.1) is 0 Å². The van der Waals surface area contributed by atoms with Gasteiger partial charge in [-0.05, 0) is 51.5 Å². The molecule has 0 heterocycles. The van der Waals surface area contributed by atoms with E-state index in [0.29, 0.717) is 0 Å². The first-order chi connectivity index (χ1) is 9.46. The van der Waals surface area contributed by atoms with Crippen molar-refractivity contribution >= 4 is 0 Å². The summed E-state index contributed by atoms with van der Waals surface area (Å²) in [5, 5.41) is 3.78. The summed E-state index contributed by atoms with van der Waals surface area (Å²) in [5.41, 5.74) is 0.266. The molecule has 0 aromatic heterocycles. The zero-order valence-corrected chi connectivity index (χ0v) is 14.8. The average molecular weight is 282 g/mol. The molecule has 1 saturated carbocycles. The molecule has 1 fully saturated rings. The van der Waals surface area contributed by atoms with Crippen LogP contribution >= 0.6 is 0 Å². The minimum atomic E-state index is 0.266. The second-order valence-electron chi connectivity index (χ2n) is 8.09. The Bertz CT molecular complexity index is 235. The van der Waals surface area contributed by atoms with E-state index in [9.17, 15) is 0 Å². The largest absolute Gasteiger partial charge is 0.312 e. The highest BCUT2D eigenvalue weighted by atomic mass is 14.9. The minimum absolute atomic E-state index is 0.266. The fourth-order valence-corrected chi connectivity index (χ4v) is 3.72. The van der Waals surface area contributed by atoms with Crippen molar-refractivity contribution in [3.05, 3.63) is 0 Å². The SMILES string of the molecule is CCCCC(CC)CC(CNC(C)(C)C)C1CCCC1. The van der Waals surface area contributed by atoms with E-state index in [2.05, 4.69) is 39.9 Å². The van der Waals surface area contributed by atoms with E-state index < -0.39 is 0 Å². The molecule has 1 nitrogen and oxygen atoms in total. The second kappa shape index (κ2) is 9.07. The van der Waals surface area contributed by atoms with Crippen LogP contribution in [0.5, 0.6) is 0 Å². The van der Waals surface area contributed by atoms with Crippen molar-refractivity contribution in [2.75, 3.05) is 6.54 Å². The summed E-state index contributed by atoms with van der Waals surface area (Å²) < 4.78 is 0. The molecule has 0 aromatic carbocycles. The molecule has 0 bridgehead atoms. The topological polar surface area (TPSA) is 12.0 Å². The molecule has 1 aliphatic rings. The van der Waals surface area contributed by atoms with Crippen molar-refractivity contribution in [2.24, 2.45) is 17.8 Å². The molecule has 0 amide bonds. The lowest BCUT2D eigenvalue weighted by molar-refractivity contribution is 0.229. The summed E-state index contributed by atoms with van der Waals surface area (Å²) in [6.07, 6.45) is 13.0. The van der Waals surface area contributed by atoms with Crippen LogP contribution in [0.15, 0.2) is 0 Å². The van der Waals surface area contributed by atoms with Gasteiger partial charge in [-0.15, -0.1) is 0 Å². The fraction of sp³-hybridized carbons (Fsp3) is 1.00. The predicted molar refractivity (Wildman–Crippen MR) is 91.1 cm³/mol. The lowest BCUT2D eigenvalue weighted by atomic mass is 9.80. The Morgan fingerprint density at radius 1 is 1.10 bits per heavy atom. The summed E-state index contributed by atoms with van der Waals surface area (Å²) >= 11 is 0. The lowest BCUT2D eigenvalue weighted by Gasteiger charge is -2.31. The molecule has 1 N–H and O–H groups in total. The first kappa shape index (κ1) is 18.0. The Morgan fingerprint density at radius 2 is 1.75 bits per heavy atom. The van der Waals surface area contributed by atoms with Crippen LogP contribution < -0.4 is 5.32 Å². The quantitative estimate of drug-likeness (QED) is 0.564. The first-order valence-corrected chi connectivity index (χ1v) is 9.21. The van der Waals surface area contributed by atoms with Crippen LogP contribution in [0.4, 0.5) is 0 Å². The molecule has 0 aromatic rings. The molecule has 1 rings (SSSR count).